The van der Waals surface area contributed by atoms with Gasteiger partial charge in [-0.2, -0.15) is 0 Å². The highest BCUT2D eigenvalue weighted by atomic mass is 35.5. The minimum absolute atomic E-state index is 0.126. The molecule has 0 bridgehead atoms. The third kappa shape index (κ3) is 2.62. The number of fused-ring (bicyclic) bond motifs is 1. The molecule has 4 nitrogen and oxygen atoms in total. The van der Waals surface area contributed by atoms with Crippen molar-refractivity contribution < 1.29 is 23.4 Å². The van der Waals surface area contributed by atoms with Gasteiger partial charge in [0.15, 0.2) is 11.5 Å². The average molecular weight is 377 g/mol. The Morgan fingerprint density at radius 1 is 1.19 bits per heavy atom. The van der Waals surface area contributed by atoms with Gasteiger partial charge in [0.1, 0.15) is 13.2 Å². The van der Waals surface area contributed by atoms with Gasteiger partial charge in [-0.15, -0.1) is 0 Å². The van der Waals surface area contributed by atoms with Crippen molar-refractivity contribution >= 4 is 17.6 Å². The Balaban J connectivity index is 1.76. The Bertz CT molecular complexity index is 841. The third-order valence-corrected chi connectivity index (χ3v) is 5.14. The van der Waals surface area contributed by atoms with Crippen LogP contribution in [0.15, 0.2) is 42.5 Å². The topological polar surface area (TPSA) is 44.8 Å². The monoisotopic (exact) mass is 376 g/mol. The highest BCUT2D eigenvalue weighted by molar-refractivity contribution is 6.32. The summed E-state index contributed by atoms with van der Waals surface area (Å²) in [5.41, 5.74) is -0.771. The summed E-state index contributed by atoms with van der Waals surface area (Å²) in [6, 6.07) is 12.5. The van der Waals surface area contributed by atoms with Crippen molar-refractivity contribution in [2.24, 2.45) is 0 Å². The number of rotatable bonds is 4. The molecule has 2 aliphatic rings. The summed E-state index contributed by atoms with van der Waals surface area (Å²) in [7, 11) is 0. The molecule has 2 aromatic carbocycles. The van der Waals surface area contributed by atoms with Crippen LogP contribution in [0.2, 0.25) is 5.02 Å². The number of halogens is 2. The minimum atomic E-state index is -2.12. The molecule has 136 valence electrons. The predicted octanol–water partition coefficient (Wildman–Crippen LogP) is 4.26. The summed E-state index contributed by atoms with van der Waals surface area (Å²) in [4.78, 5) is 12.4. The molecule has 0 spiro atoms. The lowest BCUT2D eigenvalue weighted by Crippen LogP contribution is -2.24. The summed E-state index contributed by atoms with van der Waals surface area (Å²) in [5, 5.41) is 0.349. The largest absolute Gasteiger partial charge is 0.486 e. The maximum absolute atomic E-state index is 15.8. The van der Waals surface area contributed by atoms with Gasteiger partial charge in [0.05, 0.1) is 11.6 Å². The Morgan fingerprint density at radius 3 is 2.62 bits per heavy atom. The third-order valence-electron chi connectivity index (χ3n) is 4.85. The molecule has 0 aromatic heterocycles. The van der Waals surface area contributed by atoms with Gasteiger partial charge in [-0.25, -0.2) is 9.18 Å². The summed E-state index contributed by atoms with van der Waals surface area (Å²) < 4.78 is 31.9. The SMILES string of the molecule is CCOC(=O)[C@]1(F)[C@H](c2ccccc2)[C@H]1c1cc(Cl)c2c(c1)OCCO2. The first kappa shape index (κ1) is 17.2. The number of esters is 1. The Hall–Kier alpha value is -2.27. The lowest BCUT2D eigenvalue weighted by atomic mass is 10.0. The van der Waals surface area contributed by atoms with E-state index >= 15 is 4.39 Å². The maximum Gasteiger partial charge on any atom is 0.345 e. The number of hydrogen-bond acceptors (Lipinski definition) is 4. The van der Waals surface area contributed by atoms with Crippen molar-refractivity contribution in [1.82, 2.24) is 0 Å². The van der Waals surface area contributed by atoms with Gasteiger partial charge in [0, 0.05) is 11.8 Å². The normalized spacial score (nSPS) is 26.3. The molecule has 26 heavy (non-hydrogen) atoms. The van der Waals surface area contributed by atoms with Gasteiger partial charge in [0.2, 0.25) is 5.67 Å². The quantitative estimate of drug-likeness (QED) is 0.748. The number of alkyl halides is 1. The van der Waals surface area contributed by atoms with Crippen LogP contribution in [0, 0.1) is 0 Å². The van der Waals surface area contributed by atoms with Crippen LogP contribution in [-0.4, -0.2) is 31.5 Å². The number of carbonyl (C=O) groups is 1. The Labute approximate surface area is 155 Å². The Kier molecular flexibility index (Phi) is 4.27. The van der Waals surface area contributed by atoms with E-state index in [4.69, 9.17) is 25.8 Å². The fourth-order valence-corrected chi connectivity index (χ4v) is 3.97. The molecule has 1 heterocycles. The lowest BCUT2D eigenvalue weighted by Gasteiger charge is -2.20. The second-order valence-corrected chi connectivity index (χ2v) is 6.79. The van der Waals surface area contributed by atoms with E-state index in [1.807, 2.05) is 30.3 Å². The summed E-state index contributed by atoms with van der Waals surface area (Å²) >= 11 is 6.30. The molecule has 0 unspecified atom stereocenters. The van der Waals surface area contributed by atoms with E-state index in [1.54, 1.807) is 19.1 Å². The van der Waals surface area contributed by atoms with Crippen molar-refractivity contribution in [3.8, 4) is 11.5 Å². The molecule has 1 fully saturated rings. The Morgan fingerprint density at radius 2 is 1.88 bits per heavy atom. The van der Waals surface area contributed by atoms with E-state index in [-0.39, 0.29) is 6.61 Å². The van der Waals surface area contributed by atoms with Crippen LogP contribution < -0.4 is 9.47 Å². The summed E-state index contributed by atoms with van der Waals surface area (Å²) in [6.07, 6.45) is 0. The molecule has 0 N–H and O–H groups in total. The van der Waals surface area contributed by atoms with E-state index in [0.29, 0.717) is 35.3 Å². The standard InChI is InChI=1S/C20H18ClFO4/c1-2-24-19(23)20(22)16(12-6-4-3-5-7-12)17(20)13-10-14(21)18-15(11-13)25-8-9-26-18/h3-7,10-11,16-17H,2,8-9H2,1H3/t16-,17-,20+/m1/s1. The first-order valence-electron chi connectivity index (χ1n) is 8.57. The number of hydrogen-bond donors (Lipinski definition) is 0. The molecule has 2 aromatic rings. The van der Waals surface area contributed by atoms with Gasteiger partial charge in [-0.1, -0.05) is 41.9 Å². The van der Waals surface area contributed by atoms with E-state index in [0.717, 1.165) is 5.56 Å². The number of carbonyl (C=O) groups excluding carboxylic acids is 1. The average Bonchev–Trinajstić information content (AvgIpc) is 3.30. The zero-order valence-corrected chi connectivity index (χ0v) is 15.0. The van der Waals surface area contributed by atoms with Crippen molar-refractivity contribution in [2.75, 3.05) is 19.8 Å². The molecule has 1 saturated carbocycles. The summed E-state index contributed by atoms with van der Waals surface area (Å²) in [5.74, 6) is -1.22. The van der Waals surface area contributed by atoms with Crippen molar-refractivity contribution in [3.05, 3.63) is 58.6 Å². The van der Waals surface area contributed by atoms with Gasteiger partial charge < -0.3 is 14.2 Å². The molecule has 0 saturated heterocycles. The zero-order valence-electron chi connectivity index (χ0n) is 14.2. The molecule has 4 rings (SSSR count). The van der Waals surface area contributed by atoms with Crippen LogP contribution in [0.25, 0.3) is 0 Å². The van der Waals surface area contributed by atoms with Crippen molar-refractivity contribution in [2.45, 2.75) is 24.4 Å². The number of benzene rings is 2. The first-order valence-corrected chi connectivity index (χ1v) is 8.95. The molecular weight excluding hydrogens is 359 g/mol. The van der Waals surface area contributed by atoms with Gasteiger partial charge in [-0.3, -0.25) is 0 Å². The van der Waals surface area contributed by atoms with Crippen LogP contribution in [0.1, 0.15) is 29.9 Å². The van der Waals surface area contributed by atoms with E-state index in [2.05, 4.69) is 0 Å². The fourth-order valence-electron chi connectivity index (χ4n) is 3.69. The number of ether oxygens (including phenoxy) is 3. The molecule has 1 aliphatic carbocycles. The second kappa shape index (κ2) is 6.47. The first-order chi connectivity index (χ1) is 12.6. The van der Waals surface area contributed by atoms with Crippen molar-refractivity contribution in [3.63, 3.8) is 0 Å². The minimum Gasteiger partial charge on any atom is -0.486 e. The van der Waals surface area contributed by atoms with E-state index < -0.39 is 23.5 Å². The van der Waals surface area contributed by atoms with Crippen LogP contribution in [0.3, 0.4) is 0 Å². The van der Waals surface area contributed by atoms with Crippen LogP contribution in [0.5, 0.6) is 11.5 Å². The maximum atomic E-state index is 15.8. The fraction of sp³-hybridized carbons (Fsp3) is 0.350. The van der Waals surface area contributed by atoms with Crippen LogP contribution >= 0.6 is 11.6 Å². The smallest absolute Gasteiger partial charge is 0.345 e. The van der Waals surface area contributed by atoms with E-state index in [1.165, 1.54) is 0 Å². The molecule has 6 heteroatoms. The predicted molar refractivity (Wildman–Crippen MR) is 94.8 cm³/mol. The summed E-state index contributed by atoms with van der Waals surface area (Å²) in [6.45, 7) is 2.61. The van der Waals surface area contributed by atoms with Gasteiger partial charge >= 0.3 is 5.97 Å². The van der Waals surface area contributed by atoms with E-state index in [9.17, 15) is 4.79 Å². The lowest BCUT2D eigenvalue weighted by molar-refractivity contribution is -0.151. The highest BCUT2D eigenvalue weighted by Crippen LogP contribution is 2.67. The highest BCUT2D eigenvalue weighted by Gasteiger charge is 2.73. The van der Waals surface area contributed by atoms with Crippen molar-refractivity contribution in [1.29, 1.82) is 0 Å². The van der Waals surface area contributed by atoms with Gasteiger partial charge in [0.25, 0.3) is 0 Å². The molecule has 1 aliphatic heterocycles. The van der Waals surface area contributed by atoms with Gasteiger partial charge in [-0.05, 0) is 30.2 Å². The molecular formula is C20H18ClFO4. The molecule has 0 amide bonds. The van der Waals surface area contributed by atoms with Crippen LogP contribution in [-0.2, 0) is 9.53 Å². The second-order valence-electron chi connectivity index (χ2n) is 6.38. The molecule has 0 radical (unpaired) electrons. The molecule has 3 atom stereocenters. The van der Waals surface area contributed by atoms with Crippen LogP contribution in [0.4, 0.5) is 4.39 Å². The zero-order chi connectivity index (χ0) is 18.3.